The second-order valence-corrected chi connectivity index (χ2v) is 9.07. The molecule has 0 radical (unpaired) electrons. The van der Waals surface area contributed by atoms with E-state index in [1.165, 1.54) is 55.9 Å². The van der Waals surface area contributed by atoms with Crippen molar-refractivity contribution in [3.63, 3.8) is 0 Å². The topological polar surface area (TPSA) is 95.3 Å². The average Bonchev–Trinajstić information content (AvgIpc) is 2.94. The monoisotopic (exact) mass is 542 g/mol. The molecular weight excluding hydrogens is 518 g/mol. The normalized spacial score (nSPS) is 10.9. The maximum absolute atomic E-state index is 15.1. The minimum atomic E-state index is -0.739. The average molecular weight is 543 g/mol. The Balaban J connectivity index is 1.44. The van der Waals surface area contributed by atoms with Gasteiger partial charge < -0.3 is 19.4 Å². The van der Waals surface area contributed by atoms with E-state index in [0.717, 1.165) is 6.07 Å². The molecule has 0 aliphatic carbocycles. The summed E-state index contributed by atoms with van der Waals surface area (Å²) in [6.07, 6.45) is 3.01. The maximum Gasteiger partial charge on any atom is 0.261 e. The largest absolute Gasteiger partial charge is 0.495 e. The highest BCUT2D eigenvalue weighted by Crippen LogP contribution is 2.31. The molecule has 1 N–H and O–H groups in total. The van der Waals surface area contributed by atoms with E-state index < -0.39 is 23.0 Å². The molecule has 1 amide bonds. The summed E-state index contributed by atoms with van der Waals surface area (Å²) in [5, 5.41) is 2.60. The third kappa shape index (κ3) is 4.86. The molecule has 8 nitrogen and oxygen atoms in total. The van der Waals surface area contributed by atoms with E-state index in [0.29, 0.717) is 33.7 Å². The molecule has 10 heteroatoms. The van der Waals surface area contributed by atoms with Crippen molar-refractivity contribution in [2.75, 3.05) is 12.4 Å². The molecule has 0 unspecified atom stereocenters. The van der Waals surface area contributed by atoms with Gasteiger partial charge in [0, 0.05) is 54.1 Å². The molecule has 5 aromatic rings. The lowest BCUT2D eigenvalue weighted by Crippen LogP contribution is -2.28. The Morgan fingerprint density at radius 3 is 2.40 bits per heavy atom. The van der Waals surface area contributed by atoms with Crippen LogP contribution in [0.15, 0.2) is 71.8 Å². The predicted octanol–water partition coefficient (Wildman–Crippen LogP) is 5.94. The van der Waals surface area contributed by atoms with Crippen molar-refractivity contribution in [3.8, 4) is 28.4 Å². The van der Waals surface area contributed by atoms with Gasteiger partial charge in [-0.1, -0.05) is 12.1 Å². The van der Waals surface area contributed by atoms with Gasteiger partial charge in [-0.2, -0.15) is 0 Å². The van der Waals surface area contributed by atoms with Crippen LogP contribution in [0.25, 0.3) is 22.2 Å². The molecule has 0 saturated carbocycles. The lowest BCUT2D eigenvalue weighted by Gasteiger charge is -2.18. The summed E-state index contributed by atoms with van der Waals surface area (Å²) >= 11 is 0. The van der Waals surface area contributed by atoms with Crippen LogP contribution in [0.1, 0.15) is 21.7 Å². The summed E-state index contributed by atoms with van der Waals surface area (Å²) in [5.74, 6) is -1.16. The lowest BCUT2D eigenvalue weighted by molar-refractivity contribution is 0.102. The zero-order chi connectivity index (χ0) is 28.6. The van der Waals surface area contributed by atoms with E-state index in [9.17, 15) is 14.0 Å². The minimum absolute atomic E-state index is 0.0934. The van der Waals surface area contributed by atoms with Crippen LogP contribution < -0.4 is 20.2 Å². The number of nitrogens with one attached hydrogen (secondary N) is 1. The fourth-order valence-corrected chi connectivity index (χ4v) is 4.42. The number of carbonyl (C=O) groups excluding carboxylic acids is 1. The van der Waals surface area contributed by atoms with Crippen molar-refractivity contribution in [3.05, 3.63) is 106 Å². The van der Waals surface area contributed by atoms with Gasteiger partial charge in [-0.3, -0.25) is 14.6 Å². The molecule has 0 fully saturated rings. The van der Waals surface area contributed by atoms with E-state index in [1.807, 2.05) is 0 Å². The van der Waals surface area contributed by atoms with Crippen LogP contribution in [0.2, 0.25) is 0 Å². The molecule has 0 saturated heterocycles. The molecule has 0 aliphatic rings. The molecular formula is C30H24F2N4O4. The van der Waals surface area contributed by atoms with Gasteiger partial charge in [-0.25, -0.2) is 13.8 Å². The summed E-state index contributed by atoms with van der Waals surface area (Å²) in [4.78, 5) is 35.3. The second kappa shape index (κ2) is 10.6. The number of amides is 1. The van der Waals surface area contributed by atoms with E-state index >= 15 is 4.39 Å². The summed E-state index contributed by atoms with van der Waals surface area (Å²) in [7, 11) is 3.24. The van der Waals surface area contributed by atoms with Crippen LogP contribution in [-0.2, 0) is 7.05 Å². The second-order valence-electron chi connectivity index (χ2n) is 9.07. The zero-order valence-electron chi connectivity index (χ0n) is 22.1. The number of halogens is 2. The van der Waals surface area contributed by atoms with E-state index in [-0.39, 0.29) is 28.3 Å². The highest BCUT2D eigenvalue weighted by molar-refractivity contribution is 6.05. The number of hydrogen-bond donors (Lipinski definition) is 1. The van der Waals surface area contributed by atoms with Gasteiger partial charge in [0.2, 0.25) is 5.43 Å². The van der Waals surface area contributed by atoms with Crippen LogP contribution in [0, 0.1) is 25.5 Å². The number of rotatable bonds is 6. The Bertz CT molecular complexity index is 1840. The van der Waals surface area contributed by atoms with E-state index in [1.54, 1.807) is 37.6 Å². The first-order valence-corrected chi connectivity index (χ1v) is 12.2. The van der Waals surface area contributed by atoms with Crippen LogP contribution in [0.4, 0.5) is 14.5 Å². The van der Waals surface area contributed by atoms with Crippen LogP contribution >= 0.6 is 0 Å². The molecule has 0 aliphatic heterocycles. The van der Waals surface area contributed by atoms with Crippen molar-refractivity contribution in [2.24, 2.45) is 7.05 Å². The third-order valence-electron chi connectivity index (χ3n) is 6.70. The number of pyridine rings is 3. The Morgan fingerprint density at radius 1 is 0.950 bits per heavy atom. The Morgan fingerprint density at radius 2 is 1.70 bits per heavy atom. The van der Waals surface area contributed by atoms with E-state index in [4.69, 9.17) is 9.47 Å². The van der Waals surface area contributed by atoms with Gasteiger partial charge in [0.25, 0.3) is 5.91 Å². The highest BCUT2D eigenvalue weighted by atomic mass is 19.1. The Hall–Kier alpha value is -5.12. The summed E-state index contributed by atoms with van der Waals surface area (Å²) in [5.41, 5.74) is 2.27. The molecule has 0 spiro atoms. The fourth-order valence-electron chi connectivity index (χ4n) is 4.42. The molecule has 202 valence electrons. The fraction of sp³-hybridized carbons (Fsp3) is 0.133. The lowest BCUT2D eigenvalue weighted by atomic mass is 9.99. The molecule has 5 rings (SSSR count). The number of anilines is 1. The smallest absolute Gasteiger partial charge is 0.261 e. The van der Waals surface area contributed by atoms with Crippen LogP contribution in [0.3, 0.4) is 0 Å². The molecule has 3 aromatic heterocycles. The number of fused-ring (bicyclic) bond motifs is 1. The van der Waals surface area contributed by atoms with Crippen molar-refractivity contribution >= 4 is 22.6 Å². The number of benzene rings is 2. The number of nitrogens with zero attached hydrogens (tertiary/aromatic N) is 3. The van der Waals surface area contributed by atoms with Gasteiger partial charge in [0.05, 0.1) is 18.8 Å². The zero-order valence-corrected chi connectivity index (χ0v) is 22.1. The van der Waals surface area contributed by atoms with Gasteiger partial charge in [0.1, 0.15) is 22.6 Å². The van der Waals surface area contributed by atoms with Crippen molar-refractivity contribution in [2.45, 2.75) is 13.8 Å². The standard InChI is InChI=1S/C30H24F2N4O4/c1-16-26(18-5-7-19(31)8-6-18)29(37)27(17(2)36(16)3)30(38)35-20-9-10-24(22(32)13-20)40-25-11-12-33-23-14-21(39-4)15-34-28(23)25/h5-15H,1-4H3,(H,35,38). The first-order chi connectivity index (χ1) is 19.2. The number of methoxy groups -OCH3 is 1. The summed E-state index contributed by atoms with van der Waals surface area (Å²) < 4.78 is 41.2. The van der Waals surface area contributed by atoms with Gasteiger partial charge in [-0.05, 0) is 43.7 Å². The SMILES string of the molecule is COc1cnc2c(Oc3ccc(NC(=O)c4c(C)n(C)c(C)c(-c5ccc(F)cc5)c4=O)cc3F)ccnc2c1. The van der Waals surface area contributed by atoms with Gasteiger partial charge in [-0.15, -0.1) is 0 Å². The first-order valence-electron chi connectivity index (χ1n) is 12.2. The van der Waals surface area contributed by atoms with Gasteiger partial charge in [0.15, 0.2) is 17.3 Å². The summed E-state index contributed by atoms with van der Waals surface area (Å²) in [6.45, 7) is 3.40. The van der Waals surface area contributed by atoms with Gasteiger partial charge >= 0.3 is 0 Å². The quantitative estimate of drug-likeness (QED) is 0.285. The predicted molar refractivity (Wildman–Crippen MR) is 147 cm³/mol. The number of hydrogen-bond acceptors (Lipinski definition) is 6. The molecule has 3 heterocycles. The van der Waals surface area contributed by atoms with E-state index in [2.05, 4.69) is 15.3 Å². The van der Waals surface area contributed by atoms with Crippen LogP contribution in [-0.4, -0.2) is 27.6 Å². The number of aromatic nitrogens is 3. The summed E-state index contributed by atoms with van der Waals surface area (Å²) in [6, 6.07) is 12.7. The van der Waals surface area contributed by atoms with Crippen LogP contribution in [0.5, 0.6) is 17.2 Å². The maximum atomic E-state index is 15.1. The number of carbonyl (C=O) groups is 1. The highest BCUT2D eigenvalue weighted by Gasteiger charge is 2.22. The Labute approximate surface area is 227 Å². The Kier molecular flexibility index (Phi) is 7.00. The molecule has 40 heavy (non-hydrogen) atoms. The molecule has 0 atom stereocenters. The molecule has 2 aromatic carbocycles. The minimum Gasteiger partial charge on any atom is -0.495 e. The first kappa shape index (κ1) is 26.5. The van der Waals surface area contributed by atoms with Crippen molar-refractivity contribution in [1.29, 1.82) is 0 Å². The number of ether oxygens (including phenoxy) is 2. The molecule has 0 bridgehead atoms. The van der Waals surface area contributed by atoms with Crippen molar-refractivity contribution in [1.82, 2.24) is 14.5 Å². The van der Waals surface area contributed by atoms with Crippen molar-refractivity contribution < 1.29 is 23.0 Å². The third-order valence-corrected chi connectivity index (χ3v) is 6.70.